The minimum absolute atomic E-state index is 0.221. The number of hydrogen-bond donors (Lipinski definition) is 0. The summed E-state index contributed by atoms with van der Waals surface area (Å²) >= 11 is 0. The second-order valence-electron chi connectivity index (χ2n) is 6.72. The van der Waals surface area contributed by atoms with Gasteiger partial charge in [0, 0.05) is 19.6 Å². The molecule has 0 atom stereocenters. The smallest absolute Gasteiger partial charge is 0.337 e. The van der Waals surface area contributed by atoms with E-state index in [-0.39, 0.29) is 11.8 Å². The van der Waals surface area contributed by atoms with Crippen molar-refractivity contribution in [2.24, 2.45) is 0 Å². The number of rotatable bonds is 7. The van der Waals surface area contributed by atoms with E-state index in [9.17, 15) is 9.18 Å². The van der Waals surface area contributed by atoms with Gasteiger partial charge in [-0.3, -0.25) is 4.90 Å². The van der Waals surface area contributed by atoms with Gasteiger partial charge in [-0.2, -0.15) is 0 Å². The fourth-order valence-electron chi connectivity index (χ4n) is 3.18. The van der Waals surface area contributed by atoms with Gasteiger partial charge >= 0.3 is 5.97 Å². The monoisotopic (exact) mass is 365 g/mol. The minimum Gasteiger partial charge on any atom is -0.465 e. The van der Waals surface area contributed by atoms with E-state index in [1.807, 2.05) is 24.3 Å². The van der Waals surface area contributed by atoms with Crippen LogP contribution in [0, 0.1) is 5.82 Å². The maximum absolute atomic E-state index is 13.2. The fraction of sp³-hybridized carbons (Fsp3) is 0.261. The van der Waals surface area contributed by atoms with Crippen LogP contribution in [0.4, 0.5) is 4.39 Å². The molecule has 1 aliphatic carbocycles. The van der Waals surface area contributed by atoms with Gasteiger partial charge in [-0.05, 0) is 53.8 Å². The molecule has 0 spiro atoms. The molecule has 0 aromatic heterocycles. The number of methoxy groups -OCH3 is 1. The van der Waals surface area contributed by atoms with E-state index in [0.29, 0.717) is 5.56 Å². The van der Waals surface area contributed by atoms with Crippen molar-refractivity contribution in [3.05, 3.63) is 94.8 Å². The van der Waals surface area contributed by atoms with E-state index in [0.717, 1.165) is 43.6 Å². The van der Waals surface area contributed by atoms with E-state index >= 15 is 0 Å². The molecule has 4 heteroatoms. The van der Waals surface area contributed by atoms with Gasteiger partial charge in [0.1, 0.15) is 5.82 Å². The summed E-state index contributed by atoms with van der Waals surface area (Å²) in [6, 6.07) is 14.1. The number of halogens is 1. The van der Waals surface area contributed by atoms with Gasteiger partial charge in [0.15, 0.2) is 0 Å². The Balaban J connectivity index is 1.73. The van der Waals surface area contributed by atoms with Crippen LogP contribution >= 0.6 is 0 Å². The Hall–Kier alpha value is -2.72. The van der Waals surface area contributed by atoms with Crippen molar-refractivity contribution >= 4 is 5.97 Å². The summed E-state index contributed by atoms with van der Waals surface area (Å²) in [6.07, 6.45) is 8.83. The SMILES string of the molecule is COC(=O)c1ccc(CN(CC2=CCCC=C2)Cc2ccc(F)cc2)cc1. The van der Waals surface area contributed by atoms with Crippen LogP contribution in [0.5, 0.6) is 0 Å². The normalized spacial score (nSPS) is 13.5. The first-order valence-electron chi connectivity index (χ1n) is 9.13. The lowest BCUT2D eigenvalue weighted by Gasteiger charge is -2.24. The molecule has 0 saturated carbocycles. The summed E-state index contributed by atoms with van der Waals surface area (Å²) in [4.78, 5) is 13.9. The zero-order chi connectivity index (χ0) is 19.1. The maximum Gasteiger partial charge on any atom is 0.337 e. The molecule has 2 aromatic rings. The van der Waals surface area contributed by atoms with Crippen molar-refractivity contribution in [3.8, 4) is 0 Å². The number of carbonyl (C=O) groups is 1. The molecule has 0 heterocycles. The first-order chi connectivity index (χ1) is 13.1. The van der Waals surface area contributed by atoms with Gasteiger partial charge in [-0.15, -0.1) is 0 Å². The molecule has 0 bridgehead atoms. The average Bonchev–Trinajstić information content (AvgIpc) is 2.70. The van der Waals surface area contributed by atoms with E-state index in [2.05, 4.69) is 23.1 Å². The first kappa shape index (κ1) is 19.1. The quantitative estimate of drug-likeness (QED) is 0.654. The van der Waals surface area contributed by atoms with Crippen LogP contribution in [0.1, 0.15) is 34.3 Å². The first-order valence-corrected chi connectivity index (χ1v) is 9.13. The third kappa shape index (κ3) is 5.63. The lowest BCUT2D eigenvalue weighted by atomic mass is 10.1. The summed E-state index contributed by atoms with van der Waals surface area (Å²) in [7, 11) is 1.38. The predicted molar refractivity (Wildman–Crippen MR) is 105 cm³/mol. The number of ether oxygens (including phenoxy) is 1. The van der Waals surface area contributed by atoms with Crippen LogP contribution < -0.4 is 0 Å². The highest BCUT2D eigenvalue weighted by molar-refractivity contribution is 5.89. The Morgan fingerprint density at radius 2 is 1.59 bits per heavy atom. The van der Waals surface area contributed by atoms with Crippen molar-refractivity contribution in [2.45, 2.75) is 25.9 Å². The molecule has 0 aliphatic heterocycles. The molecule has 0 fully saturated rings. The summed E-state index contributed by atoms with van der Waals surface area (Å²) in [5.74, 6) is -0.552. The van der Waals surface area contributed by atoms with Crippen LogP contribution in [0.25, 0.3) is 0 Å². The lowest BCUT2D eigenvalue weighted by molar-refractivity contribution is 0.0600. The molecule has 0 N–H and O–H groups in total. The zero-order valence-electron chi connectivity index (χ0n) is 15.5. The third-order valence-electron chi connectivity index (χ3n) is 4.58. The molecule has 0 amide bonds. The molecule has 1 aliphatic rings. The maximum atomic E-state index is 13.2. The Labute approximate surface area is 159 Å². The number of hydrogen-bond acceptors (Lipinski definition) is 3. The highest BCUT2D eigenvalue weighted by Gasteiger charge is 2.11. The summed E-state index contributed by atoms with van der Waals surface area (Å²) in [5.41, 5.74) is 4.03. The standard InChI is InChI=1S/C23H24FNO2/c1-27-23(26)21-11-7-19(8-12-21)16-25(15-18-5-3-2-4-6-18)17-20-9-13-22(24)14-10-20/h3,5-14H,2,4,15-17H2,1H3. The lowest BCUT2D eigenvalue weighted by Crippen LogP contribution is -2.25. The van der Waals surface area contributed by atoms with Gasteiger partial charge in [0.05, 0.1) is 12.7 Å². The number of nitrogens with zero attached hydrogens (tertiary/aromatic N) is 1. The molecular formula is C23H24FNO2. The molecule has 3 rings (SSSR count). The van der Waals surface area contributed by atoms with Gasteiger partial charge in [0.2, 0.25) is 0 Å². The van der Waals surface area contributed by atoms with Crippen molar-refractivity contribution in [2.75, 3.05) is 13.7 Å². The topological polar surface area (TPSA) is 29.5 Å². The molecule has 2 aromatic carbocycles. The Kier molecular flexibility index (Phi) is 6.55. The largest absolute Gasteiger partial charge is 0.465 e. The van der Waals surface area contributed by atoms with Crippen LogP contribution in [0.2, 0.25) is 0 Å². The van der Waals surface area contributed by atoms with Crippen LogP contribution in [0.3, 0.4) is 0 Å². The van der Waals surface area contributed by atoms with Crippen LogP contribution in [0.15, 0.2) is 72.3 Å². The third-order valence-corrected chi connectivity index (χ3v) is 4.58. The van der Waals surface area contributed by atoms with Crippen molar-refractivity contribution < 1.29 is 13.9 Å². The molecule has 27 heavy (non-hydrogen) atoms. The van der Waals surface area contributed by atoms with Crippen LogP contribution in [-0.2, 0) is 17.8 Å². The van der Waals surface area contributed by atoms with Gasteiger partial charge in [-0.25, -0.2) is 9.18 Å². The van der Waals surface area contributed by atoms with E-state index < -0.39 is 0 Å². The van der Waals surface area contributed by atoms with Crippen LogP contribution in [-0.4, -0.2) is 24.5 Å². The summed E-state index contributed by atoms with van der Waals surface area (Å²) in [6.45, 7) is 2.29. The van der Waals surface area contributed by atoms with E-state index in [1.54, 1.807) is 12.1 Å². The summed E-state index contributed by atoms with van der Waals surface area (Å²) in [5, 5.41) is 0. The van der Waals surface area contributed by atoms with E-state index in [4.69, 9.17) is 4.74 Å². The Bertz CT molecular complexity index is 822. The van der Waals surface area contributed by atoms with Crippen molar-refractivity contribution in [1.29, 1.82) is 0 Å². The number of esters is 1. The molecule has 0 unspecified atom stereocenters. The number of allylic oxidation sites excluding steroid dienone is 2. The second-order valence-corrected chi connectivity index (χ2v) is 6.72. The Morgan fingerprint density at radius 1 is 0.963 bits per heavy atom. The number of benzene rings is 2. The van der Waals surface area contributed by atoms with Crippen molar-refractivity contribution in [1.82, 2.24) is 4.90 Å². The molecule has 0 radical (unpaired) electrons. The van der Waals surface area contributed by atoms with Gasteiger partial charge in [0.25, 0.3) is 0 Å². The highest BCUT2D eigenvalue weighted by atomic mass is 19.1. The number of carbonyl (C=O) groups excluding carboxylic acids is 1. The molecular weight excluding hydrogens is 341 g/mol. The second kappa shape index (κ2) is 9.28. The molecule has 3 nitrogen and oxygen atoms in total. The Morgan fingerprint density at radius 3 is 2.15 bits per heavy atom. The predicted octanol–water partition coefficient (Wildman–Crippen LogP) is 4.89. The van der Waals surface area contributed by atoms with Gasteiger partial charge < -0.3 is 4.74 Å². The molecule has 0 saturated heterocycles. The van der Waals surface area contributed by atoms with Gasteiger partial charge in [-0.1, -0.05) is 42.5 Å². The average molecular weight is 365 g/mol. The highest BCUT2D eigenvalue weighted by Crippen LogP contribution is 2.17. The zero-order valence-corrected chi connectivity index (χ0v) is 15.5. The summed E-state index contributed by atoms with van der Waals surface area (Å²) < 4.78 is 18.0. The van der Waals surface area contributed by atoms with E-state index in [1.165, 1.54) is 24.8 Å². The fourth-order valence-corrected chi connectivity index (χ4v) is 3.18. The van der Waals surface area contributed by atoms with Crippen molar-refractivity contribution in [3.63, 3.8) is 0 Å². The molecule has 140 valence electrons. The minimum atomic E-state index is -0.331.